The average molecular weight is 313 g/mol. The number of hydrogen-bond acceptors (Lipinski definition) is 5. The molecular formula is C18H23N3O2. The number of fused-ring (bicyclic) bond motifs is 1. The van der Waals surface area contributed by atoms with E-state index in [1.54, 1.807) is 6.26 Å². The third-order valence-corrected chi connectivity index (χ3v) is 4.84. The van der Waals surface area contributed by atoms with E-state index in [1.807, 2.05) is 30.7 Å². The van der Waals surface area contributed by atoms with Gasteiger partial charge in [-0.2, -0.15) is 0 Å². The predicted molar refractivity (Wildman–Crippen MR) is 86.8 cm³/mol. The van der Waals surface area contributed by atoms with Crippen molar-refractivity contribution >= 4 is 0 Å². The van der Waals surface area contributed by atoms with Gasteiger partial charge in [0.1, 0.15) is 0 Å². The van der Waals surface area contributed by atoms with Crippen molar-refractivity contribution in [3.63, 3.8) is 0 Å². The van der Waals surface area contributed by atoms with E-state index < -0.39 is 0 Å². The molecule has 0 saturated carbocycles. The van der Waals surface area contributed by atoms with Gasteiger partial charge in [0, 0.05) is 50.5 Å². The van der Waals surface area contributed by atoms with Crippen LogP contribution >= 0.6 is 0 Å². The van der Waals surface area contributed by atoms with E-state index in [1.165, 1.54) is 5.56 Å². The van der Waals surface area contributed by atoms with Crippen molar-refractivity contribution < 1.29 is 9.15 Å². The minimum Gasteiger partial charge on any atom is -0.472 e. The molecule has 0 aliphatic carbocycles. The molecule has 2 saturated heterocycles. The van der Waals surface area contributed by atoms with Crippen LogP contribution in [0.2, 0.25) is 0 Å². The number of hydrogen-bond donors (Lipinski definition) is 0. The molecule has 0 N–H and O–H groups in total. The maximum atomic E-state index is 6.08. The lowest BCUT2D eigenvalue weighted by Gasteiger charge is -2.37. The van der Waals surface area contributed by atoms with Crippen LogP contribution in [0, 0.1) is 0 Å². The van der Waals surface area contributed by atoms with Gasteiger partial charge < -0.3 is 9.15 Å². The van der Waals surface area contributed by atoms with E-state index in [-0.39, 0.29) is 0 Å². The van der Waals surface area contributed by atoms with Crippen LogP contribution in [0.1, 0.15) is 17.7 Å². The summed E-state index contributed by atoms with van der Waals surface area (Å²) < 4.78 is 11.3. The fourth-order valence-corrected chi connectivity index (χ4v) is 3.65. The van der Waals surface area contributed by atoms with Gasteiger partial charge in [-0.1, -0.05) is 6.07 Å². The lowest BCUT2D eigenvalue weighted by atomic mass is 10.1. The van der Waals surface area contributed by atoms with Crippen LogP contribution in [-0.4, -0.2) is 53.1 Å². The van der Waals surface area contributed by atoms with E-state index in [0.717, 1.165) is 44.8 Å². The van der Waals surface area contributed by atoms with Crippen LogP contribution in [0.15, 0.2) is 47.4 Å². The smallest absolute Gasteiger partial charge is 0.0947 e. The van der Waals surface area contributed by atoms with E-state index in [4.69, 9.17) is 9.15 Å². The molecule has 0 radical (unpaired) electrons. The van der Waals surface area contributed by atoms with E-state index >= 15 is 0 Å². The summed E-state index contributed by atoms with van der Waals surface area (Å²) in [5.41, 5.74) is 2.28. The summed E-state index contributed by atoms with van der Waals surface area (Å²) in [5.74, 6) is 0. The first-order chi connectivity index (χ1) is 11.4. The number of furan rings is 1. The Bertz CT molecular complexity index is 602. The molecule has 2 aliphatic rings. The van der Waals surface area contributed by atoms with Gasteiger partial charge in [-0.3, -0.25) is 14.8 Å². The topological polar surface area (TPSA) is 41.7 Å². The van der Waals surface area contributed by atoms with Crippen LogP contribution in [0.25, 0.3) is 0 Å². The van der Waals surface area contributed by atoms with Gasteiger partial charge in [0.05, 0.1) is 30.9 Å². The molecule has 2 atom stereocenters. The molecule has 4 rings (SSSR count). The second kappa shape index (κ2) is 6.83. The van der Waals surface area contributed by atoms with Crippen LogP contribution in [-0.2, 0) is 17.9 Å². The molecule has 23 heavy (non-hydrogen) atoms. The summed E-state index contributed by atoms with van der Waals surface area (Å²) in [6.45, 7) is 6.03. The Morgan fingerprint density at radius 3 is 3.04 bits per heavy atom. The number of aromatic nitrogens is 1. The molecule has 0 bridgehead atoms. The number of rotatable bonds is 5. The monoisotopic (exact) mass is 313 g/mol. The maximum absolute atomic E-state index is 6.08. The lowest BCUT2D eigenvalue weighted by Crippen LogP contribution is -2.49. The molecule has 5 heteroatoms. The summed E-state index contributed by atoms with van der Waals surface area (Å²) >= 11 is 0. The molecule has 2 unspecified atom stereocenters. The Kier molecular flexibility index (Phi) is 4.41. The Morgan fingerprint density at radius 2 is 2.22 bits per heavy atom. The second-order valence-electron chi connectivity index (χ2n) is 6.51. The lowest BCUT2D eigenvalue weighted by molar-refractivity contribution is 0.0440. The fraction of sp³-hybridized carbons (Fsp3) is 0.500. The normalized spacial score (nSPS) is 25.6. The zero-order valence-electron chi connectivity index (χ0n) is 13.3. The molecule has 0 spiro atoms. The van der Waals surface area contributed by atoms with E-state index in [9.17, 15) is 0 Å². The number of ether oxygens (including phenoxy) is 1. The Balaban J connectivity index is 1.27. The van der Waals surface area contributed by atoms with Crippen LogP contribution < -0.4 is 0 Å². The zero-order chi connectivity index (χ0) is 15.5. The highest BCUT2D eigenvalue weighted by Gasteiger charge is 2.36. The number of piperazine rings is 1. The minimum absolute atomic E-state index is 0.330. The average Bonchev–Trinajstić information content (AvgIpc) is 3.23. The van der Waals surface area contributed by atoms with Gasteiger partial charge in [0.25, 0.3) is 0 Å². The quantitative estimate of drug-likeness (QED) is 0.846. The Hall–Kier alpha value is -1.69. The van der Waals surface area contributed by atoms with Gasteiger partial charge in [0.15, 0.2) is 0 Å². The first-order valence-electron chi connectivity index (χ1n) is 8.36. The largest absolute Gasteiger partial charge is 0.472 e. The van der Waals surface area contributed by atoms with Gasteiger partial charge in [-0.25, -0.2) is 0 Å². The van der Waals surface area contributed by atoms with E-state index in [0.29, 0.717) is 18.8 Å². The highest BCUT2D eigenvalue weighted by molar-refractivity contribution is 5.06. The second-order valence-corrected chi connectivity index (χ2v) is 6.51. The molecule has 2 aliphatic heterocycles. The fourth-order valence-electron chi connectivity index (χ4n) is 3.65. The maximum Gasteiger partial charge on any atom is 0.0947 e. The van der Waals surface area contributed by atoms with Crippen molar-refractivity contribution in [2.75, 3.05) is 26.2 Å². The molecule has 122 valence electrons. The Labute approximate surface area is 136 Å². The molecular weight excluding hydrogens is 290 g/mol. The van der Waals surface area contributed by atoms with Gasteiger partial charge in [-0.15, -0.1) is 0 Å². The van der Waals surface area contributed by atoms with Crippen molar-refractivity contribution in [3.05, 3.63) is 54.2 Å². The van der Waals surface area contributed by atoms with Crippen molar-refractivity contribution in [1.82, 2.24) is 14.8 Å². The third kappa shape index (κ3) is 3.63. The molecule has 2 fully saturated rings. The number of pyridine rings is 1. The van der Waals surface area contributed by atoms with Crippen molar-refractivity contribution in [2.45, 2.75) is 31.7 Å². The number of nitrogens with zero attached hydrogens (tertiary/aromatic N) is 3. The highest BCUT2D eigenvalue weighted by atomic mass is 16.5. The molecule has 0 amide bonds. The van der Waals surface area contributed by atoms with Crippen molar-refractivity contribution in [3.8, 4) is 0 Å². The summed E-state index contributed by atoms with van der Waals surface area (Å²) in [6.07, 6.45) is 6.87. The SMILES string of the molecule is c1ccc(COC2CC3CN(Cc4ccoc4)CCN3C2)nc1. The van der Waals surface area contributed by atoms with Crippen LogP contribution in [0.5, 0.6) is 0 Å². The van der Waals surface area contributed by atoms with Crippen molar-refractivity contribution in [1.29, 1.82) is 0 Å². The third-order valence-electron chi connectivity index (χ3n) is 4.84. The molecule has 4 heterocycles. The molecule has 2 aromatic rings. The van der Waals surface area contributed by atoms with Crippen LogP contribution in [0.3, 0.4) is 0 Å². The highest BCUT2D eigenvalue weighted by Crippen LogP contribution is 2.25. The minimum atomic E-state index is 0.330. The van der Waals surface area contributed by atoms with Gasteiger partial charge in [-0.05, 0) is 24.6 Å². The molecule has 2 aromatic heterocycles. The first kappa shape index (κ1) is 14.9. The summed E-state index contributed by atoms with van der Waals surface area (Å²) in [5, 5.41) is 0. The summed E-state index contributed by atoms with van der Waals surface area (Å²) in [6, 6.07) is 8.64. The van der Waals surface area contributed by atoms with E-state index in [2.05, 4.69) is 20.9 Å². The molecule has 0 aromatic carbocycles. The Morgan fingerprint density at radius 1 is 1.22 bits per heavy atom. The summed E-state index contributed by atoms with van der Waals surface area (Å²) in [7, 11) is 0. The molecule has 5 nitrogen and oxygen atoms in total. The predicted octanol–water partition coefficient (Wildman–Crippen LogP) is 2.15. The van der Waals surface area contributed by atoms with Gasteiger partial charge in [0.2, 0.25) is 0 Å². The zero-order valence-corrected chi connectivity index (χ0v) is 13.3. The van der Waals surface area contributed by atoms with Crippen molar-refractivity contribution in [2.24, 2.45) is 0 Å². The summed E-state index contributed by atoms with van der Waals surface area (Å²) in [4.78, 5) is 9.43. The standard InChI is InChI=1S/C18H23N3O2/c1-2-5-19-16(3-1)14-23-18-9-17-11-20(6-7-21(17)12-18)10-15-4-8-22-13-15/h1-5,8,13,17-18H,6-7,9-12,14H2. The van der Waals surface area contributed by atoms with Crippen LogP contribution in [0.4, 0.5) is 0 Å². The van der Waals surface area contributed by atoms with Gasteiger partial charge >= 0.3 is 0 Å². The first-order valence-corrected chi connectivity index (χ1v) is 8.36.